The minimum atomic E-state index is -1.31. The van der Waals surface area contributed by atoms with E-state index in [0.717, 1.165) is 5.56 Å². The molecule has 0 fully saturated rings. The zero-order valence-electron chi connectivity index (χ0n) is 8.55. The largest absolute Gasteiger partial charge is 0.479 e. The number of hydrogen-bond acceptors (Lipinski definition) is 4. The molecule has 0 saturated heterocycles. The second-order valence-electron chi connectivity index (χ2n) is 3.58. The van der Waals surface area contributed by atoms with E-state index in [1.807, 2.05) is 6.07 Å². The number of fused-ring (bicyclic) bond motifs is 1. The zero-order chi connectivity index (χ0) is 11.5. The molecule has 1 aliphatic heterocycles. The smallest absolute Gasteiger partial charge is 0.332 e. The molecule has 1 aromatic rings. The fraction of sp³-hybridized carbons (Fsp3) is 0.364. The molecule has 1 aliphatic rings. The van der Waals surface area contributed by atoms with Crippen molar-refractivity contribution in [2.75, 3.05) is 6.79 Å². The van der Waals surface area contributed by atoms with Crippen LogP contribution in [0.25, 0.3) is 0 Å². The van der Waals surface area contributed by atoms with E-state index in [-0.39, 0.29) is 13.2 Å². The van der Waals surface area contributed by atoms with Crippen molar-refractivity contribution in [3.63, 3.8) is 0 Å². The zero-order valence-corrected chi connectivity index (χ0v) is 8.55. The monoisotopic (exact) mass is 224 g/mol. The van der Waals surface area contributed by atoms with Crippen molar-refractivity contribution >= 4 is 5.97 Å². The highest BCUT2D eigenvalue weighted by Gasteiger charge is 2.15. The summed E-state index contributed by atoms with van der Waals surface area (Å²) in [5.41, 5.74) is 0.921. The molecule has 5 nitrogen and oxygen atoms in total. The average Bonchev–Trinajstić information content (AvgIpc) is 2.72. The van der Waals surface area contributed by atoms with Gasteiger partial charge in [0.2, 0.25) is 6.79 Å². The Morgan fingerprint density at radius 1 is 1.38 bits per heavy atom. The second kappa shape index (κ2) is 4.40. The van der Waals surface area contributed by atoms with Crippen molar-refractivity contribution in [1.29, 1.82) is 0 Å². The number of aliphatic hydroxyl groups is 1. The number of aryl methyl sites for hydroxylation is 1. The lowest BCUT2D eigenvalue weighted by molar-refractivity contribution is -0.146. The molecule has 5 heteroatoms. The van der Waals surface area contributed by atoms with Crippen LogP contribution >= 0.6 is 0 Å². The summed E-state index contributed by atoms with van der Waals surface area (Å²) >= 11 is 0. The molecular formula is C11H12O5. The van der Waals surface area contributed by atoms with Crippen LogP contribution in [0.15, 0.2) is 18.2 Å². The van der Waals surface area contributed by atoms with E-state index in [4.69, 9.17) is 19.7 Å². The number of carbonyl (C=O) groups is 1. The van der Waals surface area contributed by atoms with E-state index in [1.54, 1.807) is 12.1 Å². The van der Waals surface area contributed by atoms with Gasteiger partial charge in [-0.15, -0.1) is 0 Å². The number of ether oxygens (including phenoxy) is 2. The number of aliphatic hydroxyl groups excluding tert-OH is 1. The molecule has 0 radical (unpaired) electrons. The van der Waals surface area contributed by atoms with Gasteiger partial charge in [-0.05, 0) is 30.5 Å². The van der Waals surface area contributed by atoms with E-state index in [9.17, 15) is 4.79 Å². The lowest BCUT2D eigenvalue weighted by atomic mass is 10.1. The molecule has 0 aliphatic carbocycles. The highest BCUT2D eigenvalue weighted by molar-refractivity contribution is 5.71. The van der Waals surface area contributed by atoms with Gasteiger partial charge in [0.25, 0.3) is 0 Å². The van der Waals surface area contributed by atoms with E-state index in [0.29, 0.717) is 17.9 Å². The van der Waals surface area contributed by atoms with Crippen LogP contribution in [0.4, 0.5) is 0 Å². The summed E-state index contributed by atoms with van der Waals surface area (Å²) in [6, 6.07) is 5.42. The minimum Gasteiger partial charge on any atom is -0.479 e. The quantitative estimate of drug-likeness (QED) is 0.790. The maximum absolute atomic E-state index is 10.4. The van der Waals surface area contributed by atoms with Crippen LogP contribution in [-0.4, -0.2) is 29.1 Å². The van der Waals surface area contributed by atoms with Crippen LogP contribution in [0.2, 0.25) is 0 Å². The van der Waals surface area contributed by atoms with Gasteiger partial charge in [0.15, 0.2) is 17.6 Å². The van der Waals surface area contributed by atoms with E-state index >= 15 is 0 Å². The predicted molar refractivity (Wildman–Crippen MR) is 54.5 cm³/mol. The van der Waals surface area contributed by atoms with Gasteiger partial charge < -0.3 is 19.7 Å². The third-order valence-corrected chi connectivity index (χ3v) is 2.43. The number of carboxylic acids is 1. The second-order valence-corrected chi connectivity index (χ2v) is 3.58. The highest BCUT2D eigenvalue weighted by atomic mass is 16.7. The number of benzene rings is 1. The maximum atomic E-state index is 10.4. The molecule has 0 saturated carbocycles. The van der Waals surface area contributed by atoms with Crippen molar-refractivity contribution < 1.29 is 24.5 Å². The molecule has 0 spiro atoms. The van der Waals surface area contributed by atoms with Gasteiger partial charge in [-0.1, -0.05) is 6.07 Å². The number of rotatable bonds is 4. The Hall–Kier alpha value is -1.75. The van der Waals surface area contributed by atoms with Gasteiger partial charge in [-0.2, -0.15) is 0 Å². The Morgan fingerprint density at radius 3 is 2.88 bits per heavy atom. The first-order valence-corrected chi connectivity index (χ1v) is 4.96. The fourth-order valence-corrected chi connectivity index (χ4v) is 1.52. The minimum absolute atomic E-state index is 0.189. The van der Waals surface area contributed by atoms with E-state index < -0.39 is 12.1 Å². The van der Waals surface area contributed by atoms with Crippen molar-refractivity contribution in [2.45, 2.75) is 18.9 Å². The number of aliphatic carboxylic acids is 1. The topological polar surface area (TPSA) is 76.0 Å². The molecule has 16 heavy (non-hydrogen) atoms. The fourth-order valence-electron chi connectivity index (χ4n) is 1.52. The van der Waals surface area contributed by atoms with Gasteiger partial charge in [0, 0.05) is 0 Å². The summed E-state index contributed by atoms with van der Waals surface area (Å²) in [7, 11) is 0. The van der Waals surface area contributed by atoms with Gasteiger partial charge >= 0.3 is 5.97 Å². The molecule has 86 valence electrons. The molecule has 0 amide bonds. The Labute approximate surface area is 92.2 Å². The molecule has 0 aromatic heterocycles. The number of carboxylic acid groups (broad SMARTS) is 1. The lowest BCUT2D eigenvalue weighted by Gasteiger charge is -2.05. The Balaban J connectivity index is 1.98. The van der Waals surface area contributed by atoms with Gasteiger partial charge in [0.1, 0.15) is 0 Å². The Kier molecular flexibility index (Phi) is 2.96. The summed E-state index contributed by atoms with van der Waals surface area (Å²) in [6.45, 7) is 0.219. The molecule has 0 unspecified atom stereocenters. The molecule has 1 atom stereocenters. The molecule has 2 N–H and O–H groups in total. The van der Waals surface area contributed by atoms with Crippen LogP contribution in [0.5, 0.6) is 11.5 Å². The summed E-state index contributed by atoms with van der Waals surface area (Å²) in [4.78, 5) is 10.4. The standard InChI is InChI=1S/C11H12O5/c12-8(11(13)14)3-1-7-2-4-9-10(5-7)16-6-15-9/h2,4-5,8,12H,1,3,6H2,(H,13,14)/t8-/m0/s1. The Morgan fingerprint density at radius 2 is 2.12 bits per heavy atom. The third kappa shape index (κ3) is 2.25. The molecule has 1 aromatic carbocycles. The summed E-state index contributed by atoms with van der Waals surface area (Å²) in [5.74, 6) is 0.172. The predicted octanol–water partition coefficient (Wildman–Crippen LogP) is 0.793. The maximum Gasteiger partial charge on any atom is 0.332 e. The van der Waals surface area contributed by atoms with Gasteiger partial charge in [0.05, 0.1) is 0 Å². The van der Waals surface area contributed by atoms with Crippen LogP contribution in [0.1, 0.15) is 12.0 Å². The lowest BCUT2D eigenvalue weighted by Crippen LogP contribution is -2.19. The third-order valence-electron chi connectivity index (χ3n) is 2.43. The first-order valence-electron chi connectivity index (χ1n) is 4.96. The van der Waals surface area contributed by atoms with Crippen molar-refractivity contribution in [2.24, 2.45) is 0 Å². The average molecular weight is 224 g/mol. The molecule has 2 rings (SSSR count). The van der Waals surface area contributed by atoms with Crippen LogP contribution in [0.3, 0.4) is 0 Å². The van der Waals surface area contributed by atoms with Crippen LogP contribution in [-0.2, 0) is 11.2 Å². The van der Waals surface area contributed by atoms with E-state index in [1.165, 1.54) is 0 Å². The first kappa shape index (κ1) is 10.8. The number of hydrogen-bond donors (Lipinski definition) is 2. The Bertz CT molecular complexity index is 401. The van der Waals surface area contributed by atoms with Gasteiger partial charge in [-0.3, -0.25) is 0 Å². The molecule has 1 heterocycles. The van der Waals surface area contributed by atoms with Crippen LogP contribution < -0.4 is 9.47 Å². The SMILES string of the molecule is O=C(O)[C@@H](O)CCc1ccc2c(c1)OCO2. The summed E-state index contributed by atoms with van der Waals surface area (Å²) < 4.78 is 10.3. The van der Waals surface area contributed by atoms with Crippen molar-refractivity contribution in [3.05, 3.63) is 23.8 Å². The summed E-state index contributed by atoms with van der Waals surface area (Å²) in [6.07, 6.45) is -0.635. The van der Waals surface area contributed by atoms with E-state index in [2.05, 4.69) is 0 Å². The molecular weight excluding hydrogens is 212 g/mol. The van der Waals surface area contributed by atoms with Crippen molar-refractivity contribution in [1.82, 2.24) is 0 Å². The van der Waals surface area contributed by atoms with Gasteiger partial charge in [-0.25, -0.2) is 4.79 Å². The molecule has 0 bridgehead atoms. The highest BCUT2D eigenvalue weighted by Crippen LogP contribution is 2.32. The summed E-state index contributed by atoms with van der Waals surface area (Å²) in [5, 5.41) is 17.6. The van der Waals surface area contributed by atoms with Crippen molar-refractivity contribution in [3.8, 4) is 11.5 Å². The van der Waals surface area contributed by atoms with Crippen LogP contribution in [0, 0.1) is 0 Å². The normalized spacial score (nSPS) is 14.8. The first-order chi connectivity index (χ1) is 7.66.